The maximum absolute atomic E-state index is 13.4. The second kappa shape index (κ2) is 13.3. The van der Waals surface area contributed by atoms with Gasteiger partial charge in [0.25, 0.3) is 0 Å². The number of ether oxygens (including phenoxy) is 6. The Kier molecular flexibility index (Phi) is 9.64. The molecule has 1 spiro atoms. The van der Waals surface area contributed by atoms with Gasteiger partial charge in [0, 0.05) is 18.0 Å². The van der Waals surface area contributed by atoms with Gasteiger partial charge in [0.05, 0.1) is 31.0 Å². The minimum atomic E-state index is -2.09. The maximum atomic E-state index is 13.4. The van der Waals surface area contributed by atoms with Gasteiger partial charge in [-0.2, -0.15) is 0 Å². The zero-order valence-electron chi connectivity index (χ0n) is 27.1. The molecular formula is C32H37NO16. The van der Waals surface area contributed by atoms with Crippen LogP contribution in [0, 0.1) is 0 Å². The lowest BCUT2D eigenvalue weighted by atomic mass is 9.50. The average molecular weight is 692 g/mol. The number of esters is 4. The second-order valence-corrected chi connectivity index (χ2v) is 12.5. The summed E-state index contributed by atoms with van der Waals surface area (Å²) < 4.78 is 32.3. The number of carbonyl (C=O) groups is 6. The molecule has 17 nitrogen and oxygen atoms in total. The number of aliphatic carboxylic acids is 2. The van der Waals surface area contributed by atoms with Crippen molar-refractivity contribution < 1.29 is 77.6 Å². The predicted molar refractivity (Wildman–Crippen MR) is 159 cm³/mol. The van der Waals surface area contributed by atoms with Crippen LogP contribution in [0.15, 0.2) is 24.0 Å². The third-order valence-corrected chi connectivity index (χ3v) is 9.52. The number of aliphatic hydroxyl groups is 2. The van der Waals surface area contributed by atoms with Gasteiger partial charge in [-0.25, -0.2) is 19.2 Å². The van der Waals surface area contributed by atoms with Crippen molar-refractivity contribution in [2.75, 3.05) is 20.7 Å². The molecule has 1 fully saturated rings. The molecule has 1 aromatic carbocycles. The zero-order chi connectivity index (χ0) is 36.0. The number of rotatable bonds is 13. The highest BCUT2D eigenvalue weighted by Gasteiger charge is 2.72. The molecule has 2 aliphatic heterocycles. The monoisotopic (exact) mass is 691 g/mol. The summed E-state index contributed by atoms with van der Waals surface area (Å²) in [7, 11) is 3.42. The number of carbonyl (C=O) groups excluding carboxylic acids is 4. The van der Waals surface area contributed by atoms with Crippen molar-refractivity contribution in [2.24, 2.45) is 0 Å². The Hall–Kier alpha value is -4.74. The van der Waals surface area contributed by atoms with Crippen molar-refractivity contribution in [1.82, 2.24) is 4.90 Å². The molecule has 2 aliphatic carbocycles. The van der Waals surface area contributed by atoms with E-state index < -0.39 is 90.2 Å². The van der Waals surface area contributed by atoms with E-state index in [4.69, 9.17) is 33.9 Å². The van der Waals surface area contributed by atoms with E-state index in [-0.39, 0.29) is 18.2 Å². The average Bonchev–Trinajstić information content (AvgIpc) is 3.39. The first-order valence-electron chi connectivity index (χ1n) is 15.5. The van der Waals surface area contributed by atoms with Crippen molar-refractivity contribution in [3.63, 3.8) is 0 Å². The Labute approximate surface area is 279 Å². The van der Waals surface area contributed by atoms with Gasteiger partial charge in [-0.15, -0.1) is 0 Å². The third-order valence-electron chi connectivity index (χ3n) is 9.52. The number of aliphatic hydroxyl groups excluding tert-OH is 1. The first-order valence-corrected chi connectivity index (χ1v) is 15.5. The molecule has 8 atom stereocenters. The topological polar surface area (TPSA) is 242 Å². The summed E-state index contributed by atoms with van der Waals surface area (Å²) in [5.41, 5.74) is -0.552. The van der Waals surface area contributed by atoms with Crippen molar-refractivity contribution in [3.05, 3.63) is 35.1 Å². The number of likely N-dealkylation sites (N-methyl/N-ethyl adjacent to an activating group) is 1. The van der Waals surface area contributed by atoms with Crippen LogP contribution in [-0.4, -0.2) is 124 Å². The van der Waals surface area contributed by atoms with Gasteiger partial charge in [-0.1, -0.05) is 6.07 Å². The van der Waals surface area contributed by atoms with E-state index in [1.165, 1.54) is 7.11 Å². The Morgan fingerprint density at radius 1 is 1.00 bits per heavy atom. The van der Waals surface area contributed by atoms with Gasteiger partial charge >= 0.3 is 35.8 Å². The standard InChI is InChI=1S/C32H37NO16/c1-14(34)28(40)48-20(30(42)45-15(2)29(41)47-19(27(38)39)12-22(35)36)13-23(37)46-18-7-8-32(43)21-11-16-5-6-17(44-4)25-24(16)31(32,26(18)49-25)9-10-33(21)3/h5-7,14-15,19-21,26,34,43H,8-13H2,1-4H3,(H,35,36)(H,38,39)/t14-,15-,19+,20-,21+,26-,31-,32+/m0/s1. The quantitative estimate of drug-likeness (QED) is 0.152. The molecule has 0 radical (unpaired) electrons. The number of hydrogen-bond donors (Lipinski definition) is 4. The minimum absolute atomic E-state index is 0.0492. The molecule has 2 bridgehead atoms. The van der Waals surface area contributed by atoms with Crippen LogP contribution >= 0.6 is 0 Å². The van der Waals surface area contributed by atoms with Crippen molar-refractivity contribution in [1.29, 1.82) is 0 Å². The fourth-order valence-corrected chi connectivity index (χ4v) is 7.20. The van der Waals surface area contributed by atoms with E-state index in [2.05, 4.69) is 9.64 Å². The van der Waals surface area contributed by atoms with Crippen LogP contribution in [0.25, 0.3) is 0 Å². The highest BCUT2D eigenvalue weighted by atomic mass is 16.6. The smallest absolute Gasteiger partial charge is 0.348 e. The molecular weight excluding hydrogens is 654 g/mol. The summed E-state index contributed by atoms with van der Waals surface area (Å²) in [4.78, 5) is 75.3. The fraction of sp³-hybridized carbons (Fsp3) is 0.562. The molecule has 1 saturated heterocycles. The van der Waals surface area contributed by atoms with Crippen LogP contribution in [0.5, 0.6) is 11.5 Å². The highest BCUT2D eigenvalue weighted by Crippen LogP contribution is 2.65. The SMILES string of the molecule is COc1ccc2c3c1O[C@H]1C(OC(=O)C[C@H](OC(=O)[C@H](C)O)C(=O)O[C@@H](C)C(=O)O[C@H](CC(=O)O)C(=O)O)=CC[C@@]4(O)[C@@H](C2)N(C)CC[C@]314. The van der Waals surface area contributed by atoms with Crippen LogP contribution < -0.4 is 9.47 Å². The number of methoxy groups -OCH3 is 1. The molecule has 0 amide bonds. The summed E-state index contributed by atoms with van der Waals surface area (Å²) in [6.07, 6.45) is -8.04. The normalized spacial score (nSPS) is 27.1. The number of benzene rings is 1. The van der Waals surface area contributed by atoms with Crippen molar-refractivity contribution in [2.45, 2.75) is 93.5 Å². The molecule has 266 valence electrons. The Bertz CT molecular complexity index is 1600. The van der Waals surface area contributed by atoms with E-state index in [1.807, 2.05) is 13.1 Å². The Morgan fingerprint density at radius 3 is 2.33 bits per heavy atom. The Morgan fingerprint density at radius 2 is 1.69 bits per heavy atom. The molecule has 2 heterocycles. The Balaban J connectivity index is 1.35. The van der Waals surface area contributed by atoms with Gasteiger partial charge in [-0.05, 0) is 58.0 Å². The van der Waals surface area contributed by atoms with Crippen LogP contribution in [0.4, 0.5) is 0 Å². The van der Waals surface area contributed by atoms with E-state index >= 15 is 0 Å². The molecule has 0 aromatic heterocycles. The van der Waals surface area contributed by atoms with Crippen LogP contribution in [0.3, 0.4) is 0 Å². The molecule has 49 heavy (non-hydrogen) atoms. The fourth-order valence-electron chi connectivity index (χ4n) is 7.20. The molecule has 1 aromatic rings. The van der Waals surface area contributed by atoms with Gasteiger partial charge in [0.15, 0.2) is 23.7 Å². The third kappa shape index (κ3) is 6.17. The molecule has 5 rings (SSSR count). The van der Waals surface area contributed by atoms with Gasteiger partial charge in [0.1, 0.15) is 11.9 Å². The summed E-state index contributed by atoms with van der Waals surface area (Å²) in [5, 5.41) is 40.0. The second-order valence-electron chi connectivity index (χ2n) is 12.5. The molecule has 0 unspecified atom stereocenters. The highest BCUT2D eigenvalue weighted by molar-refractivity contribution is 5.88. The van der Waals surface area contributed by atoms with Crippen LogP contribution in [-0.2, 0) is 59.6 Å². The van der Waals surface area contributed by atoms with Crippen molar-refractivity contribution >= 4 is 35.8 Å². The lowest BCUT2D eigenvalue weighted by molar-refractivity contribution is -0.186. The van der Waals surface area contributed by atoms with E-state index in [0.29, 0.717) is 30.9 Å². The molecule has 0 saturated carbocycles. The summed E-state index contributed by atoms with van der Waals surface area (Å²) in [6.45, 7) is 2.63. The number of likely N-dealkylation sites (tertiary alicyclic amines) is 1. The summed E-state index contributed by atoms with van der Waals surface area (Å²) in [6, 6.07) is 3.43. The minimum Gasteiger partial charge on any atom is -0.493 e. The van der Waals surface area contributed by atoms with Gasteiger partial charge in [0.2, 0.25) is 12.2 Å². The first kappa shape index (κ1) is 35.6. The number of carboxylic acid groups (broad SMARTS) is 2. The largest absolute Gasteiger partial charge is 0.493 e. The summed E-state index contributed by atoms with van der Waals surface area (Å²) in [5.74, 6) is -7.71. The van der Waals surface area contributed by atoms with Gasteiger partial charge in [-0.3, -0.25) is 9.59 Å². The number of hydrogen-bond acceptors (Lipinski definition) is 15. The zero-order valence-corrected chi connectivity index (χ0v) is 27.1. The lowest BCUT2D eigenvalue weighted by Crippen LogP contribution is -2.74. The predicted octanol–water partition coefficient (Wildman–Crippen LogP) is -0.398. The molecule has 4 N–H and O–H groups in total. The van der Waals surface area contributed by atoms with Crippen molar-refractivity contribution in [3.8, 4) is 11.5 Å². The summed E-state index contributed by atoms with van der Waals surface area (Å²) >= 11 is 0. The van der Waals surface area contributed by atoms with Gasteiger partial charge < -0.3 is 53.7 Å². The number of carboxylic acids is 2. The number of piperidine rings is 1. The van der Waals surface area contributed by atoms with E-state index in [9.17, 15) is 39.0 Å². The van der Waals surface area contributed by atoms with Crippen LogP contribution in [0.1, 0.15) is 50.7 Å². The first-order chi connectivity index (χ1) is 23.0. The molecule has 4 aliphatic rings. The lowest BCUT2D eigenvalue weighted by Gasteiger charge is -2.61. The maximum Gasteiger partial charge on any atom is 0.348 e. The van der Waals surface area contributed by atoms with E-state index in [1.54, 1.807) is 12.1 Å². The number of nitrogens with zero attached hydrogens (tertiary/aromatic N) is 1. The van der Waals surface area contributed by atoms with Crippen LogP contribution in [0.2, 0.25) is 0 Å². The van der Waals surface area contributed by atoms with E-state index in [0.717, 1.165) is 25.0 Å². The molecule has 17 heteroatoms.